The first-order valence-corrected chi connectivity index (χ1v) is 14.3. The average Bonchev–Trinajstić information content (AvgIpc) is 3.60. The standard InChI is InChI=1S/C29H37Cl2N3O3/c30-23-4-6-25(7-5-23)34-14-9-22(19-34)29(35)32-24(20-33-12-1-2-13-33)17-21-3-8-28(27(31)18-21)37-26-10-15-36-16-11-26/h3-8,18,22,24,26H,1-2,9-17,19-20H2,(H,32,35)/t22-,24?/m1/s1. The molecule has 6 nitrogen and oxygen atoms in total. The lowest BCUT2D eigenvalue weighted by Gasteiger charge is -2.27. The van der Waals surface area contributed by atoms with Gasteiger partial charge in [-0.3, -0.25) is 4.79 Å². The van der Waals surface area contributed by atoms with E-state index < -0.39 is 0 Å². The number of hydrogen-bond acceptors (Lipinski definition) is 5. The van der Waals surface area contributed by atoms with E-state index in [1.807, 2.05) is 36.4 Å². The molecule has 0 radical (unpaired) electrons. The largest absolute Gasteiger partial charge is 0.489 e. The Morgan fingerprint density at radius 1 is 1.03 bits per heavy atom. The Morgan fingerprint density at radius 3 is 2.51 bits per heavy atom. The number of carbonyl (C=O) groups is 1. The van der Waals surface area contributed by atoms with Crippen LogP contribution in [0.3, 0.4) is 0 Å². The van der Waals surface area contributed by atoms with Crippen molar-refractivity contribution >= 4 is 34.8 Å². The van der Waals surface area contributed by atoms with Gasteiger partial charge in [0.1, 0.15) is 11.9 Å². The normalized spacial score (nSPS) is 21.8. The molecule has 3 fully saturated rings. The minimum absolute atomic E-state index is 0.0180. The maximum atomic E-state index is 13.4. The number of halogens is 2. The van der Waals surface area contributed by atoms with Gasteiger partial charge in [0.15, 0.2) is 0 Å². The molecule has 0 saturated carbocycles. The summed E-state index contributed by atoms with van der Waals surface area (Å²) >= 11 is 12.7. The number of rotatable bonds is 9. The molecule has 3 aliphatic rings. The molecule has 0 bridgehead atoms. The van der Waals surface area contributed by atoms with Gasteiger partial charge in [0, 0.05) is 49.2 Å². The molecule has 1 unspecified atom stereocenters. The van der Waals surface area contributed by atoms with Crippen LogP contribution in [0.25, 0.3) is 0 Å². The van der Waals surface area contributed by atoms with Crippen LogP contribution in [0, 0.1) is 5.92 Å². The minimum atomic E-state index is -0.0180. The van der Waals surface area contributed by atoms with Crippen LogP contribution in [0.1, 0.15) is 37.7 Å². The zero-order chi connectivity index (χ0) is 25.6. The van der Waals surface area contributed by atoms with E-state index in [-0.39, 0.29) is 24.0 Å². The number of nitrogens with one attached hydrogen (secondary N) is 1. The first-order valence-electron chi connectivity index (χ1n) is 13.6. The van der Waals surface area contributed by atoms with E-state index in [0.29, 0.717) is 5.02 Å². The maximum Gasteiger partial charge on any atom is 0.225 e. The number of carbonyl (C=O) groups excluding carboxylic acids is 1. The van der Waals surface area contributed by atoms with E-state index >= 15 is 0 Å². The van der Waals surface area contributed by atoms with Gasteiger partial charge in [0.05, 0.1) is 24.2 Å². The second-order valence-electron chi connectivity index (χ2n) is 10.5. The molecule has 37 heavy (non-hydrogen) atoms. The Kier molecular flexibility index (Phi) is 9.14. The van der Waals surface area contributed by atoms with Crippen molar-refractivity contribution in [1.82, 2.24) is 10.2 Å². The average molecular weight is 547 g/mol. The summed E-state index contributed by atoms with van der Waals surface area (Å²) in [5.41, 5.74) is 2.23. The van der Waals surface area contributed by atoms with Crippen molar-refractivity contribution in [3.05, 3.63) is 58.1 Å². The predicted octanol–water partition coefficient (Wildman–Crippen LogP) is 5.20. The maximum absolute atomic E-state index is 13.4. The van der Waals surface area contributed by atoms with E-state index in [9.17, 15) is 4.79 Å². The molecule has 2 aromatic carbocycles. The minimum Gasteiger partial charge on any atom is -0.489 e. The monoisotopic (exact) mass is 545 g/mol. The van der Waals surface area contributed by atoms with Crippen molar-refractivity contribution < 1.29 is 14.3 Å². The number of likely N-dealkylation sites (tertiary alicyclic amines) is 1. The van der Waals surface area contributed by atoms with E-state index in [2.05, 4.69) is 21.2 Å². The van der Waals surface area contributed by atoms with Crippen LogP contribution >= 0.6 is 23.2 Å². The summed E-state index contributed by atoms with van der Waals surface area (Å²) in [5.74, 6) is 0.854. The number of ether oxygens (including phenoxy) is 2. The smallest absolute Gasteiger partial charge is 0.225 e. The van der Waals surface area contributed by atoms with Crippen LogP contribution in [0.4, 0.5) is 5.69 Å². The molecule has 5 rings (SSSR count). The first kappa shape index (κ1) is 26.6. The highest BCUT2D eigenvalue weighted by Gasteiger charge is 2.30. The number of hydrogen-bond donors (Lipinski definition) is 1. The molecule has 3 heterocycles. The van der Waals surface area contributed by atoms with Gasteiger partial charge in [-0.1, -0.05) is 29.3 Å². The van der Waals surface area contributed by atoms with E-state index in [1.165, 1.54) is 12.8 Å². The lowest BCUT2D eigenvalue weighted by molar-refractivity contribution is -0.125. The SMILES string of the molecule is O=C(NC(Cc1ccc(OC2CCOCC2)c(Cl)c1)CN1CCCC1)[C@@H]1CCN(c2ccc(Cl)cc2)C1. The molecular weight excluding hydrogens is 509 g/mol. The zero-order valence-corrected chi connectivity index (χ0v) is 22.9. The topological polar surface area (TPSA) is 54.0 Å². The Hall–Kier alpha value is -1.99. The Labute approximate surface area is 230 Å². The lowest BCUT2D eigenvalue weighted by Crippen LogP contribution is -2.46. The van der Waals surface area contributed by atoms with E-state index in [0.717, 1.165) is 93.6 Å². The summed E-state index contributed by atoms with van der Waals surface area (Å²) in [5, 5.41) is 4.76. The highest BCUT2D eigenvalue weighted by molar-refractivity contribution is 6.32. The fourth-order valence-electron chi connectivity index (χ4n) is 5.64. The zero-order valence-electron chi connectivity index (χ0n) is 21.3. The van der Waals surface area contributed by atoms with Crippen molar-refractivity contribution in [2.75, 3.05) is 50.8 Å². The number of anilines is 1. The van der Waals surface area contributed by atoms with Crippen LogP contribution in [0.5, 0.6) is 5.75 Å². The number of benzene rings is 2. The van der Waals surface area contributed by atoms with Gasteiger partial charge in [0.2, 0.25) is 5.91 Å². The highest BCUT2D eigenvalue weighted by atomic mass is 35.5. The molecule has 1 N–H and O–H groups in total. The fourth-order valence-corrected chi connectivity index (χ4v) is 6.02. The molecule has 200 valence electrons. The molecular formula is C29H37Cl2N3O3. The Bertz CT molecular complexity index is 1040. The van der Waals surface area contributed by atoms with Crippen LogP contribution in [0.2, 0.25) is 10.0 Å². The molecule has 1 amide bonds. The van der Waals surface area contributed by atoms with Crippen molar-refractivity contribution in [3.8, 4) is 5.75 Å². The summed E-state index contributed by atoms with van der Waals surface area (Å²) in [7, 11) is 0. The van der Waals surface area contributed by atoms with Gasteiger partial charge in [-0.2, -0.15) is 0 Å². The van der Waals surface area contributed by atoms with Crippen molar-refractivity contribution in [1.29, 1.82) is 0 Å². The molecule has 3 saturated heterocycles. The summed E-state index contributed by atoms with van der Waals surface area (Å²) < 4.78 is 11.6. The third-order valence-corrected chi connectivity index (χ3v) is 8.26. The molecule has 2 atom stereocenters. The highest BCUT2D eigenvalue weighted by Crippen LogP contribution is 2.29. The Morgan fingerprint density at radius 2 is 1.78 bits per heavy atom. The molecule has 0 aliphatic carbocycles. The summed E-state index contributed by atoms with van der Waals surface area (Å²) in [4.78, 5) is 18.1. The van der Waals surface area contributed by atoms with E-state index in [1.54, 1.807) is 0 Å². The third-order valence-electron chi connectivity index (χ3n) is 7.71. The van der Waals surface area contributed by atoms with Crippen LogP contribution in [-0.2, 0) is 16.0 Å². The molecule has 8 heteroatoms. The van der Waals surface area contributed by atoms with Gasteiger partial charge in [-0.05, 0) is 80.7 Å². The van der Waals surface area contributed by atoms with Crippen molar-refractivity contribution in [2.24, 2.45) is 5.92 Å². The van der Waals surface area contributed by atoms with Gasteiger partial charge in [-0.15, -0.1) is 0 Å². The van der Waals surface area contributed by atoms with Gasteiger partial charge >= 0.3 is 0 Å². The second kappa shape index (κ2) is 12.7. The van der Waals surface area contributed by atoms with Crippen LogP contribution < -0.4 is 15.0 Å². The van der Waals surface area contributed by atoms with Gasteiger partial charge in [0.25, 0.3) is 0 Å². The molecule has 0 spiro atoms. The van der Waals surface area contributed by atoms with Crippen LogP contribution in [0.15, 0.2) is 42.5 Å². The Balaban J connectivity index is 1.21. The molecule has 3 aliphatic heterocycles. The summed E-state index contributed by atoms with van der Waals surface area (Å²) in [6.45, 7) is 6.12. The third kappa shape index (κ3) is 7.32. The second-order valence-corrected chi connectivity index (χ2v) is 11.4. The number of amides is 1. The van der Waals surface area contributed by atoms with Crippen molar-refractivity contribution in [2.45, 2.75) is 50.7 Å². The fraction of sp³-hybridized carbons (Fsp3) is 0.552. The van der Waals surface area contributed by atoms with E-state index in [4.69, 9.17) is 32.7 Å². The summed E-state index contributed by atoms with van der Waals surface area (Å²) in [6, 6.07) is 14.0. The lowest BCUT2D eigenvalue weighted by atomic mass is 10.0. The molecule has 2 aromatic rings. The quantitative estimate of drug-likeness (QED) is 0.469. The van der Waals surface area contributed by atoms with Gasteiger partial charge < -0.3 is 24.6 Å². The molecule has 0 aromatic heterocycles. The van der Waals surface area contributed by atoms with Gasteiger partial charge in [-0.25, -0.2) is 0 Å². The summed E-state index contributed by atoms with van der Waals surface area (Å²) in [6.07, 6.45) is 5.98. The van der Waals surface area contributed by atoms with Crippen molar-refractivity contribution in [3.63, 3.8) is 0 Å². The number of nitrogens with zero attached hydrogens (tertiary/aromatic N) is 2. The first-order chi connectivity index (χ1) is 18.0. The van der Waals surface area contributed by atoms with Crippen LogP contribution in [-0.4, -0.2) is 68.9 Å². The predicted molar refractivity (Wildman–Crippen MR) is 149 cm³/mol.